The number of anilines is 2. The first kappa shape index (κ1) is 13.8. The second-order valence-corrected chi connectivity index (χ2v) is 3.59. The van der Waals surface area contributed by atoms with Crippen LogP contribution in [0.25, 0.3) is 12.2 Å². The normalized spacial score (nSPS) is 10.1. The van der Waals surface area contributed by atoms with Crippen molar-refractivity contribution in [2.24, 2.45) is 0 Å². The van der Waals surface area contributed by atoms with E-state index in [1.807, 2.05) is 54.6 Å². The Morgan fingerprint density at radius 3 is 2.18 bits per heavy atom. The van der Waals surface area contributed by atoms with Crippen molar-refractivity contribution in [3.05, 3.63) is 59.7 Å². The molecule has 82 valence electrons. The number of para-hydroxylation sites is 1. The van der Waals surface area contributed by atoms with E-state index in [-0.39, 0.29) is 29.6 Å². The minimum atomic E-state index is 0. The molecule has 2 nitrogen and oxygen atoms in total. The van der Waals surface area contributed by atoms with Gasteiger partial charge < -0.3 is 11.5 Å². The van der Waals surface area contributed by atoms with Crippen LogP contribution in [-0.2, 0) is 0 Å². The third kappa shape index (κ3) is 3.63. The summed E-state index contributed by atoms with van der Waals surface area (Å²) in [5, 5.41) is 0. The zero-order chi connectivity index (χ0) is 11.4. The molecule has 3 heteroatoms. The van der Waals surface area contributed by atoms with Gasteiger partial charge in [0.1, 0.15) is 0 Å². The molecule has 0 fully saturated rings. The molecule has 0 heterocycles. The van der Waals surface area contributed by atoms with Crippen molar-refractivity contribution in [1.29, 1.82) is 0 Å². The summed E-state index contributed by atoms with van der Waals surface area (Å²) < 4.78 is 0. The van der Waals surface area contributed by atoms with Crippen LogP contribution in [0.15, 0.2) is 48.5 Å². The van der Waals surface area contributed by atoms with Crippen LogP contribution in [0.2, 0.25) is 0 Å². The Morgan fingerprint density at radius 1 is 0.765 bits per heavy atom. The fraction of sp³-hybridized carbons (Fsp3) is 0. The van der Waals surface area contributed by atoms with E-state index in [1.54, 1.807) is 6.07 Å². The molecule has 0 aliphatic rings. The predicted octanol–water partition coefficient (Wildman–Crippen LogP) is 2.37. The van der Waals surface area contributed by atoms with E-state index in [0.717, 1.165) is 11.1 Å². The molecule has 0 aromatic heterocycles. The van der Waals surface area contributed by atoms with Crippen molar-refractivity contribution in [3.8, 4) is 0 Å². The Labute approximate surface area is 124 Å². The molecule has 2 aromatic carbocycles. The predicted molar refractivity (Wildman–Crippen MR) is 77.8 cm³/mol. The van der Waals surface area contributed by atoms with Crippen LogP contribution in [0.5, 0.6) is 0 Å². The molecule has 0 atom stereocenters. The summed E-state index contributed by atoms with van der Waals surface area (Å²) in [5.41, 5.74) is 14.9. The van der Waals surface area contributed by atoms with E-state index >= 15 is 0 Å². The van der Waals surface area contributed by atoms with Gasteiger partial charge in [-0.05, 0) is 17.2 Å². The molecular formula is C14H15N2Na. The summed E-state index contributed by atoms with van der Waals surface area (Å²) in [5.74, 6) is 0. The second kappa shape index (κ2) is 6.50. The number of nitrogens with two attached hydrogens (primary N) is 2. The quantitative estimate of drug-likeness (QED) is 0.476. The standard InChI is InChI=1S/C14H14N2.Na.H/c15-13-8-4-7-12(14(13)16)10-9-11-5-2-1-3-6-11;;/h1-10H,15-16H2;;. The van der Waals surface area contributed by atoms with E-state index in [2.05, 4.69) is 0 Å². The van der Waals surface area contributed by atoms with Crippen molar-refractivity contribution < 1.29 is 0 Å². The van der Waals surface area contributed by atoms with Gasteiger partial charge in [-0.3, -0.25) is 0 Å². The monoisotopic (exact) mass is 234 g/mol. The second-order valence-electron chi connectivity index (χ2n) is 3.59. The molecule has 2 rings (SSSR count). The van der Waals surface area contributed by atoms with Gasteiger partial charge in [0.2, 0.25) is 0 Å². The van der Waals surface area contributed by atoms with E-state index in [4.69, 9.17) is 11.5 Å². The zero-order valence-corrected chi connectivity index (χ0v) is 8.93. The summed E-state index contributed by atoms with van der Waals surface area (Å²) in [6.07, 6.45) is 3.99. The maximum atomic E-state index is 5.87. The number of benzene rings is 2. The fourth-order valence-electron chi connectivity index (χ4n) is 1.50. The topological polar surface area (TPSA) is 52.0 Å². The molecule has 0 saturated carbocycles. The van der Waals surface area contributed by atoms with E-state index in [1.165, 1.54) is 0 Å². The van der Waals surface area contributed by atoms with Gasteiger partial charge in [0.05, 0.1) is 11.4 Å². The summed E-state index contributed by atoms with van der Waals surface area (Å²) >= 11 is 0. The molecule has 4 N–H and O–H groups in total. The van der Waals surface area contributed by atoms with Crippen LogP contribution in [0.3, 0.4) is 0 Å². The summed E-state index contributed by atoms with van der Waals surface area (Å²) in [6.45, 7) is 0. The SMILES string of the molecule is Nc1cccc(C=Cc2ccccc2)c1N.[NaH]. The van der Waals surface area contributed by atoms with Crippen LogP contribution in [0, 0.1) is 0 Å². The summed E-state index contributed by atoms with van der Waals surface area (Å²) in [4.78, 5) is 0. The molecular weight excluding hydrogens is 219 g/mol. The molecule has 0 amide bonds. The first-order chi connectivity index (χ1) is 7.77. The van der Waals surface area contributed by atoms with Crippen LogP contribution in [0.4, 0.5) is 11.4 Å². The first-order valence-corrected chi connectivity index (χ1v) is 5.14. The number of rotatable bonds is 2. The van der Waals surface area contributed by atoms with Crippen molar-refractivity contribution in [2.75, 3.05) is 11.5 Å². The van der Waals surface area contributed by atoms with Crippen molar-refractivity contribution in [1.82, 2.24) is 0 Å². The number of hydrogen-bond donors (Lipinski definition) is 2. The third-order valence-corrected chi connectivity index (χ3v) is 2.43. The third-order valence-electron chi connectivity index (χ3n) is 2.43. The Hall–Kier alpha value is -1.22. The van der Waals surface area contributed by atoms with Gasteiger partial charge in [0.25, 0.3) is 0 Å². The summed E-state index contributed by atoms with van der Waals surface area (Å²) in [7, 11) is 0. The molecule has 0 aliphatic carbocycles. The van der Waals surface area contributed by atoms with E-state index in [0.29, 0.717) is 11.4 Å². The van der Waals surface area contributed by atoms with Gasteiger partial charge in [-0.1, -0.05) is 54.6 Å². The van der Waals surface area contributed by atoms with Gasteiger partial charge in [-0.2, -0.15) is 0 Å². The molecule has 0 spiro atoms. The maximum absolute atomic E-state index is 5.87. The Balaban J connectivity index is 0.00000144. The van der Waals surface area contributed by atoms with Gasteiger partial charge in [0, 0.05) is 0 Å². The van der Waals surface area contributed by atoms with Gasteiger partial charge >= 0.3 is 29.6 Å². The molecule has 0 aliphatic heterocycles. The molecule has 0 radical (unpaired) electrons. The van der Waals surface area contributed by atoms with Gasteiger partial charge in [-0.25, -0.2) is 0 Å². The van der Waals surface area contributed by atoms with E-state index in [9.17, 15) is 0 Å². The Kier molecular flexibility index (Phi) is 5.29. The van der Waals surface area contributed by atoms with E-state index < -0.39 is 0 Å². The van der Waals surface area contributed by atoms with Crippen molar-refractivity contribution in [2.45, 2.75) is 0 Å². The molecule has 0 bridgehead atoms. The molecule has 17 heavy (non-hydrogen) atoms. The molecule has 0 unspecified atom stereocenters. The Bertz CT molecular complexity index is 507. The molecule has 0 saturated heterocycles. The van der Waals surface area contributed by atoms with Crippen molar-refractivity contribution in [3.63, 3.8) is 0 Å². The van der Waals surface area contributed by atoms with Crippen LogP contribution in [0.1, 0.15) is 11.1 Å². The number of hydrogen-bond acceptors (Lipinski definition) is 2. The van der Waals surface area contributed by atoms with Gasteiger partial charge in [-0.15, -0.1) is 0 Å². The van der Waals surface area contributed by atoms with Crippen LogP contribution in [-0.4, -0.2) is 29.6 Å². The minimum absolute atomic E-state index is 0. The fourth-order valence-corrected chi connectivity index (χ4v) is 1.50. The van der Waals surface area contributed by atoms with Crippen LogP contribution >= 0.6 is 0 Å². The Morgan fingerprint density at radius 2 is 1.47 bits per heavy atom. The number of nitrogen functional groups attached to an aromatic ring is 2. The van der Waals surface area contributed by atoms with Crippen molar-refractivity contribution >= 4 is 53.1 Å². The van der Waals surface area contributed by atoms with Crippen LogP contribution < -0.4 is 11.5 Å². The van der Waals surface area contributed by atoms with Gasteiger partial charge in [0.15, 0.2) is 0 Å². The average Bonchev–Trinajstić information content (AvgIpc) is 2.32. The zero-order valence-electron chi connectivity index (χ0n) is 8.93. The molecule has 2 aromatic rings. The summed E-state index contributed by atoms with van der Waals surface area (Å²) in [6, 6.07) is 15.7. The first-order valence-electron chi connectivity index (χ1n) is 5.14. The average molecular weight is 234 g/mol.